The Labute approximate surface area is 156 Å². The molecule has 0 saturated carbocycles. The molecule has 0 aromatic carbocycles. The zero-order valence-electron chi connectivity index (χ0n) is 17.8. The van der Waals surface area contributed by atoms with E-state index in [0.717, 1.165) is 13.2 Å². The minimum absolute atomic E-state index is 0.316. The van der Waals surface area contributed by atoms with Crippen LogP contribution in [0.15, 0.2) is 21.9 Å². The summed E-state index contributed by atoms with van der Waals surface area (Å²) in [6.45, 7) is 24.1. The van der Waals surface area contributed by atoms with Gasteiger partial charge in [-0.1, -0.05) is 47.7 Å². The van der Waals surface area contributed by atoms with Gasteiger partial charge in [-0.05, 0) is 64.2 Å². The van der Waals surface area contributed by atoms with Gasteiger partial charge in [0.2, 0.25) is 0 Å². The van der Waals surface area contributed by atoms with Crippen LogP contribution in [-0.4, -0.2) is 44.9 Å². The fourth-order valence-electron chi connectivity index (χ4n) is 5.84. The third kappa shape index (κ3) is 3.03. The first kappa shape index (κ1) is 20.5. The molecule has 1 atom stereocenters. The monoisotopic (exact) mass is 363 g/mol. The van der Waals surface area contributed by atoms with E-state index in [9.17, 15) is 0 Å². The molecule has 0 amide bonds. The smallest absolute Gasteiger partial charge is 0.377 e. The summed E-state index contributed by atoms with van der Waals surface area (Å²) < 4.78 is 8.35. The Morgan fingerprint density at radius 3 is 1.88 bits per heavy atom. The highest BCUT2D eigenvalue weighted by Gasteiger charge is 2.64. The highest BCUT2D eigenvalue weighted by Crippen LogP contribution is 2.63. The summed E-state index contributed by atoms with van der Waals surface area (Å²) in [5.74, 6) is 2.59. The van der Waals surface area contributed by atoms with Gasteiger partial charge in [0.1, 0.15) is 8.24 Å². The Kier molecular flexibility index (Phi) is 5.72. The highest BCUT2D eigenvalue weighted by atomic mass is 28.3. The molecule has 4 heteroatoms. The van der Waals surface area contributed by atoms with Crippen LogP contribution < -0.4 is 0 Å². The molecule has 2 aliphatic heterocycles. The molecule has 24 heavy (non-hydrogen) atoms. The Morgan fingerprint density at radius 1 is 1.04 bits per heavy atom. The summed E-state index contributed by atoms with van der Waals surface area (Å²) >= 11 is -0.995. The molecule has 2 fully saturated rings. The predicted octanol–water partition coefficient (Wildman–Crippen LogP) is 5.69. The topological polar surface area (TPSA) is 12.5 Å². The fourth-order valence-corrected chi connectivity index (χ4v) is 20.2. The van der Waals surface area contributed by atoms with Gasteiger partial charge in [0, 0.05) is 13.2 Å². The number of hydrogen-bond donors (Lipinski definition) is 0. The van der Waals surface area contributed by atoms with Crippen molar-refractivity contribution in [1.29, 1.82) is 0 Å². The van der Waals surface area contributed by atoms with Crippen molar-refractivity contribution in [3.8, 4) is 0 Å². The molecule has 0 aromatic rings. The molecule has 0 radical (unpaired) electrons. The van der Waals surface area contributed by atoms with Gasteiger partial charge in [0.15, 0.2) is 0 Å². The average Bonchev–Trinajstić information content (AvgIpc) is 3.09. The normalized spacial score (nSPS) is 30.0. The highest BCUT2D eigenvalue weighted by molar-refractivity contribution is 6.96. The second-order valence-electron chi connectivity index (χ2n) is 9.55. The van der Waals surface area contributed by atoms with Crippen molar-refractivity contribution in [2.45, 2.75) is 90.0 Å². The van der Waals surface area contributed by atoms with Gasteiger partial charge in [-0.25, -0.2) is 0 Å². The summed E-state index contributed by atoms with van der Waals surface area (Å²) in [6, 6.07) is 0. The molecule has 2 saturated heterocycles. The first-order valence-electron chi connectivity index (χ1n) is 9.65. The van der Waals surface area contributed by atoms with Crippen molar-refractivity contribution < 1.29 is 4.74 Å². The first-order chi connectivity index (χ1) is 10.9. The van der Waals surface area contributed by atoms with E-state index >= 15 is 0 Å². The van der Waals surface area contributed by atoms with E-state index in [1.165, 1.54) is 12.8 Å². The van der Waals surface area contributed by atoms with Crippen molar-refractivity contribution in [2.75, 3.05) is 13.2 Å². The van der Waals surface area contributed by atoms with Gasteiger partial charge >= 0.3 is 14.4 Å². The summed E-state index contributed by atoms with van der Waals surface area (Å²) in [7, 11) is -1.48. The second kappa shape index (κ2) is 6.71. The van der Waals surface area contributed by atoms with Crippen LogP contribution in [0.2, 0.25) is 23.2 Å². The Bertz CT molecular complexity index is 561. The molecule has 0 bridgehead atoms. The van der Waals surface area contributed by atoms with Crippen molar-refractivity contribution >= 4 is 22.6 Å². The van der Waals surface area contributed by atoms with Gasteiger partial charge in [-0.2, -0.15) is 0 Å². The molecule has 3 aliphatic rings. The van der Waals surface area contributed by atoms with Gasteiger partial charge in [-0.15, -0.1) is 0 Å². The molecule has 136 valence electrons. The molecule has 0 spiro atoms. The standard InChI is InChI=1S/C15H27NSi.C4H8O.CH3.Al/c1-10-11(2)13(4)14(12(10)3)17(8,9)16-15(5,6)7;1-2-4-5-3-1;;/h1-9H3;1-4H2;1H3;/q-1;;;+1. The predicted molar refractivity (Wildman–Crippen MR) is 110 cm³/mol. The summed E-state index contributed by atoms with van der Waals surface area (Å²) in [6.07, 6.45) is 2.56. The quantitative estimate of drug-likeness (QED) is 0.513. The van der Waals surface area contributed by atoms with Crippen molar-refractivity contribution in [1.82, 2.24) is 3.55 Å². The van der Waals surface area contributed by atoms with Gasteiger partial charge in [0.05, 0.1) is 0 Å². The van der Waals surface area contributed by atoms with Crippen LogP contribution in [0.3, 0.4) is 0 Å². The molecule has 2 heterocycles. The minimum atomic E-state index is -1.48. The van der Waals surface area contributed by atoms with Crippen molar-refractivity contribution in [2.24, 2.45) is 0 Å². The van der Waals surface area contributed by atoms with Crippen LogP contribution in [-0.2, 0) is 4.74 Å². The average molecular weight is 364 g/mol. The van der Waals surface area contributed by atoms with Crippen LogP contribution in [0.1, 0.15) is 61.3 Å². The summed E-state index contributed by atoms with van der Waals surface area (Å²) in [5, 5.41) is 1.85. The molecule has 3 rings (SSSR count). The van der Waals surface area contributed by atoms with E-state index in [0.29, 0.717) is 9.82 Å². The lowest BCUT2D eigenvalue weighted by Gasteiger charge is -2.45. The van der Waals surface area contributed by atoms with E-state index in [-0.39, 0.29) is 0 Å². The van der Waals surface area contributed by atoms with Crippen LogP contribution >= 0.6 is 0 Å². The minimum Gasteiger partial charge on any atom is -0.399 e. The molecule has 0 aromatic heterocycles. The zero-order chi connectivity index (χ0) is 18.5. The number of hydrogen-bond acceptors (Lipinski definition) is 2. The van der Waals surface area contributed by atoms with Crippen LogP contribution in [0.4, 0.5) is 0 Å². The fraction of sp³-hybridized carbons (Fsp3) is 0.800. The second-order valence-corrected chi connectivity index (χ2v) is 17.2. The third-order valence-electron chi connectivity index (χ3n) is 6.79. The van der Waals surface area contributed by atoms with Gasteiger partial charge < -0.3 is 8.29 Å². The number of allylic oxidation sites excluding steroid dienone is 4. The molecule has 1 aliphatic carbocycles. The maximum Gasteiger partial charge on any atom is 0.377 e. The van der Waals surface area contributed by atoms with Crippen LogP contribution in [0.25, 0.3) is 0 Å². The van der Waals surface area contributed by atoms with Crippen molar-refractivity contribution in [3.63, 3.8) is 0 Å². The summed E-state index contributed by atoms with van der Waals surface area (Å²) in [5.41, 5.74) is 5.20. The lowest BCUT2D eigenvalue weighted by atomic mass is 10.0. The van der Waals surface area contributed by atoms with Crippen LogP contribution in [0.5, 0.6) is 0 Å². The van der Waals surface area contributed by atoms with Gasteiger partial charge in [-0.3, -0.25) is 0 Å². The number of fused-ring (bicyclic) bond motifs is 1. The third-order valence-corrected chi connectivity index (χ3v) is 18.1. The molecule has 1 unspecified atom stereocenters. The molecular formula is C20H38AlNOSi. The van der Waals surface area contributed by atoms with Gasteiger partial charge in [0.25, 0.3) is 0 Å². The van der Waals surface area contributed by atoms with E-state index < -0.39 is 22.6 Å². The Balaban J connectivity index is 0.000000355. The van der Waals surface area contributed by atoms with E-state index in [1.807, 2.05) is 5.20 Å². The van der Waals surface area contributed by atoms with E-state index in [4.69, 9.17) is 4.74 Å². The Hall–Kier alpha value is 0.149. The number of nitrogens with zero attached hydrogens (tertiary/aromatic N) is 1. The SMILES string of the molecule is C1CCOC1.CC1=C(C)[C]2(C)C(=C1C)[Si](C)(C)[N](C(C)(C)C)[Al]2[CH3]. The van der Waals surface area contributed by atoms with E-state index in [1.54, 1.807) is 16.7 Å². The zero-order valence-corrected chi connectivity index (χ0v) is 19.9. The van der Waals surface area contributed by atoms with E-state index in [2.05, 4.69) is 70.9 Å². The lowest BCUT2D eigenvalue weighted by molar-refractivity contribution is 0.198. The maximum absolute atomic E-state index is 4.94. The van der Waals surface area contributed by atoms with Crippen LogP contribution in [0, 0.1) is 0 Å². The lowest BCUT2D eigenvalue weighted by Crippen LogP contribution is -2.59. The Morgan fingerprint density at radius 2 is 1.54 bits per heavy atom. The first-order valence-corrected chi connectivity index (χ1v) is 14.8. The molecular weight excluding hydrogens is 325 g/mol. The number of rotatable bonds is 0. The number of ether oxygens (including phenoxy) is 1. The largest absolute Gasteiger partial charge is 0.399 e. The molecule has 0 N–H and O–H groups in total. The summed E-state index contributed by atoms with van der Waals surface area (Å²) in [4.78, 5) is 0. The van der Waals surface area contributed by atoms with Crippen molar-refractivity contribution in [3.05, 3.63) is 21.9 Å². The maximum atomic E-state index is 4.94. The molecule has 2 nitrogen and oxygen atoms in total.